The Kier molecular flexibility index (Phi) is 5.44. The smallest absolute Gasteiger partial charge is 0.166 e. The van der Waals surface area contributed by atoms with Crippen LogP contribution in [0.25, 0.3) is 0 Å². The molecule has 1 aliphatic carbocycles. The van der Waals surface area contributed by atoms with Gasteiger partial charge in [0, 0.05) is 35.2 Å². The molecule has 0 aromatic heterocycles. The zero-order valence-corrected chi connectivity index (χ0v) is 16.9. The summed E-state index contributed by atoms with van der Waals surface area (Å²) in [7, 11) is 0. The Morgan fingerprint density at radius 1 is 0.724 bits per heavy atom. The molecule has 0 saturated heterocycles. The van der Waals surface area contributed by atoms with E-state index in [-0.39, 0.29) is 41.2 Å². The van der Waals surface area contributed by atoms with E-state index in [1.54, 1.807) is 0 Å². The first-order valence-electron chi connectivity index (χ1n) is 10.3. The molecule has 0 unspecified atom stereocenters. The average Bonchev–Trinajstić information content (AvgIpc) is 3.05. The van der Waals surface area contributed by atoms with Crippen molar-refractivity contribution in [2.24, 2.45) is 17.8 Å². The summed E-state index contributed by atoms with van der Waals surface area (Å²) < 4.78 is 0. The number of benzene rings is 3. The number of Topliss-reactive ketones (excluding diaryl/α,β-unsaturated/α-hetero) is 2. The van der Waals surface area contributed by atoms with Gasteiger partial charge in [-0.15, -0.1) is 0 Å². The van der Waals surface area contributed by atoms with E-state index in [0.29, 0.717) is 5.56 Å². The molecule has 2 heteroatoms. The van der Waals surface area contributed by atoms with Gasteiger partial charge in [-0.2, -0.15) is 0 Å². The van der Waals surface area contributed by atoms with Crippen LogP contribution in [0.5, 0.6) is 0 Å². The van der Waals surface area contributed by atoms with Crippen molar-refractivity contribution in [3.63, 3.8) is 0 Å². The van der Waals surface area contributed by atoms with Crippen molar-refractivity contribution < 1.29 is 9.59 Å². The third kappa shape index (κ3) is 3.55. The molecule has 29 heavy (non-hydrogen) atoms. The molecule has 5 atom stereocenters. The maximum atomic E-state index is 13.5. The Morgan fingerprint density at radius 3 is 1.69 bits per heavy atom. The highest BCUT2D eigenvalue weighted by Gasteiger charge is 2.52. The van der Waals surface area contributed by atoms with Crippen LogP contribution in [0.4, 0.5) is 0 Å². The SMILES string of the molecule is C[C@H](C(=O)c1ccccc1)[C@H]1C(=O)[C@H](C)[C@@H](c2ccccc2)[C@@H]1c1ccccc1. The molecule has 0 aliphatic heterocycles. The molecule has 4 rings (SSSR count). The summed E-state index contributed by atoms with van der Waals surface area (Å²) in [6.45, 7) is 3.95. The molecular formula is C27H26O2. The Labute approximate surface area is 172 Å². The van der Waals surface area contributed by atoms with Gasteiger partial charge in [-0.25, -0.2) is 0 Å². The van der Waals surface area contributed by atoms with Crippen LogP contribution in [-0.2, 0) is 4.79 Å². The van der Waals surface area contributed by atoms with Crippen LogP contribution in [0.2, 0.25) is 0 Å². The van der Waals surface area contributed by atoms with Gasteiger partial charge in [0.2, 0.25) is 0 Å². The predicted molar refractivity (Wildman–Crippen MR) is 116 cm³/mol. The molecule has 1 saturated carbocycles. The molecule has 2 nitrogen and oxygen atoms in total. The van der Waals surface area contributed by atoms with Crippen LogP contribution in [0.3, 0.4) is 0 Å². The molecule has 3 aromatic rings. The van der Waals surface area contributed by atoms with Crippen LogP contribution in [0.15, 0.2) is 91.0 Å². The van der Waals surface area contributed by atoms with E-state index in [1.165, 1.54) is 5.56 Å². The number of ketones is 2. The van der Waals surface area contributed by atoms with Gasteiger partial charge in [0.05, 0.1) is 0 Å². The van der Waals surface area contributed by atoms with Gasteiger partial charge < -0.3 is 0 Å². The lowest BCUT2D eigenvalue weighted by atomic mass is 9.73. The second kappa shape index (κ2) is 8.16. The number of carbonyl (C=O) groups is 2. The van der Waals surface area contributed by atoms with E-state index in [2.05, 4.69) is 24.3 Å². The summed E-state index contributed by atoms with van der Waals surface area (Å²) in [5.74, 6) is -0.517. The molecule has 0 radical (unpaired) electrons. The van der Waals surface area contributed by atoms with Crippen LogP contribution in [0, 0.1) is 17.8 Å². The van der Waals surface area contributed by atoms with Gasteiger partial charge in [0.25, 0.3) is 0 Å². The maximum Gasteiger partial charge on any atom is 0.166 e. The highest BCUT2D eigenvalue weighted by molar-refractivity contribution is 6.02. The lowest BCUT2D eigenvalue weighted by Gasteiger charge is -2.28. The van der Waals surface area contributed by atoms with Crippen molar-refractivity contribution in [1.29, 1.82) is 0 Å². The third-order valence-electron chi connectivity index (χ3n) is 6.47. The van der Waals surface area contributed by atoms with Gasteiger partial charge >= 0.3 is 0 Å². The van der Waals surface area contributed by atoms with Gasteiger partial charge in [-0.05, 0) is 11.1 Å². The van der Waals surface area contributed by atoms with Gasteiger partial charge in [-0.1, -0.05) is 105 Å². The van der Waals surface area contributed by atoms with E-state index in [9.17, 15) is 9.59 Å². The second-order valence-electron chi connectivity index (χ2n) is 8.11. The minimum absolute atomic E-state index is 0.0104. The van der Waals surface area contributed by atoms with Crippen LogP contribution in [-0.4, -0.2) is 11.6 Å². The average molecular weight is 383 g/mol. The van der Waals surface area contributed by atoms with E-state index < -0.39 is 0 Å². The second-order valence-corrected chi connectivity index (χ2v) is 8.11. The molecule has 1 fully saturated rings. The van der Waals surface area contributed by atoms with Crippen molar-refractivity contribution in [2.45, 2.75) is 25.7 Å². The normalized spacial score (nSPS) is 25.0. The lowest BCUT2D eigenvalue weighted by molar-refractivity contribution is -0.124. The summed E-state index contributed by atoms with van der Waals surface area (Å²) in [6, 6.07) is 29.8. The standard InChI is InChI=1S/C27H26O2/c1-18-23(20-12-6-3-7-13-20)25(21-14-8-4-9-15-21)24(27(18)29)19(2)26(28)22-16-10-5-11-17-22/h3-19,23-25H,1-2H3/t18-,19+,23+,24-,25+/m1/s1. The highest BCUT2D eigenvalue weighted by atomic mass is 16.1. The molecule has 0 bridgehead atoms. The minimum atomic E-state index is -0.369. The fraction of sp³-hybridized carbons (Fsp3) is 0.259. The van der Waals surface area contributed by atoms with Crippen molar-refractivity contribution >= 4 is 11.6 Å². The van der Waals surface area contributed by atoms with Crippen molar-refractivity contribution in [3.8, 4) is 0 Å². The zero-order valence-electron chi connectivity index (χ0n) is 16.9. The van der Waals surface area contributed by atoms with Crippen LogP contribution >= 0.6 is 0 Å². The zero-order chi connectivity index (χ0) is 20.4. The molecule has 0 N–H and O–H groups in total. The Bertz CT molecular complexity index is 979. The van der Waals surface area contributed by atoms with Crippen molar-refractivity contribution in [3.05, 3.63) is 108 Å². The minimum Gasteiger partial charge on any atom is -0.299 e. The topological polar surface area (TPSA) is 34.1 Å². The summed E-state index contributed by atoms with van der Waals surface area (Å²) in [4.78, 5) is 26.7. The summed E-state index contributed by atoms with van der Waals surface area (Å²) >= 11 is 0. The Morgan fingerprint density at radius 2 is 1.17 bits per heavy atom. The molecule has 0 heterocycles. The number of hydrogen-bond donors (Lipinski definition) is 0. The van der Waals surface area contributed by atoms with E-state index in [4.69, 9.17) is 0 Å². The maximum absolute atomic E-state index is 13.5. The number of carbonyl (C=O) groups excluding carboxylic acids is 2. The van der Waals surface area contributed by atoms with Gasteiger partial charge in [0.15, 0.2) is 5.78 Å². The number of rotatable bonds is 5. The highest BCUT2D eigenvalue weighted by Crippen LogP contribution is 2.53. The lowest BCUT2D eigenvalue weighted by Crippen LogP contribution is -2.29. The van der Waals surface area contributed by atoms with E-state index in [1.807, 2.05) is 80.6 Å². The van der Waals surface area contributed by atoms with Crippen molar-refractivity contribution in [2.75, 3.05) is 0 Å². The molecular weight excluding hydrogens is 356 g/mol. The predicted octanol–water partition coefficient (Wildman–Crippen LogP) is 5.91. The van der Waals surface area contributed by atoms with Gasteiger partial charge in [-0.3, -0.25) is 9.59 Å². The first-order valence-corrected chi connectivity index (χ1v) is 10.3. The molecule has 146 valence electrons. The molecule has 0 spiro atoms. The van der Waals surface area contributed by atoms with E-state index >= 15 is 0 Å². The summed E-state index contributed by atoms with van der Waals surface area (Å²) in [6.07, 6.45) is 0. The van der Waals surface area contributed by atoms with Crippen molar-refractivity contribution in [1.82, 2.24) is 0 Å². The fourth-order valence-corrected chi connectivity index (χ4v) is 5.04. The summed E-state index contributed by atoms with van der Waals surface area (Å²) in [5, 5.41) is 0. The van der Waals surface area contributed by atoms with Gasteiger partial charge in [0.1, 0.15) is 5.78 Å². The van der Waals surface area contributed by atoms with E-state index in [0.717, 1.165) is 5.56 Å². The molecule has 3 aromatic carbocycles. The third-order valence-corrected chi connectivity index (χ3v) is 6.47. The first-order chi connectivity index (χ1) is 14.1. The monoisotopic (exact) mass is 382 g/mol. The van der Waals surface area contributed by atoms with Crippen LogP contribution in [0.1, 0.15) is 47.2 Å². The molecule has 1 aliphatic rings. The van der Waals surface area contributed by atoms with Crippen LogP contribution < -0.4 is 0 Å². The Hall–Kier alpha value is -3.00. The summed E-state index contributed by atoms with van der Waals surface area (Å²) in [5.41, 5.74) is 2.98. The molecule has 0 amide bonds. The largest absolute Gasteiger partial charge is 0.299 e. The first kappa shape index (κ1) is 19.3. The quantitative estimate of drug-likeness (QED) is 0.514. The Balaban J connectivity index is 1.79. The number of hydrogen-bond acceptors (Lipinski definition) is 2. The fourth-order valence-electron chi connectivity index (χ4n) is 5.04.